The van der Waals surface area contributed by atoms with Gasteiger partial charge >= 0.3 is 0 Å². The van der Waals surface area contributed by atoms with E-state index >= 15 is 0 Å². The highest BCUT2D eigenvalue weighted by molar-refractivity contribution is 6.26. The molecule has 286 valence electrons. The second-order valence-electron chi connectivity index (χ2n) is 16.8. The molecule has 0 spiro atoms. The maximum absolute atomic E-state index is 2.40. The summed E-state index contributed by atoms with van der Waals surface area (Å²) in [5.74, 6) is 0. The molecule has 0 aromatic heterocycles. The quantitative estimate of drug-likeness (QED) is 0.147. The number of hydrogen-bond acceptors (Lipinski definition) is 0. The largest absolute Gasteiger partial charge is 0.0622 e. The molecule has 13 aromatic rings. The minimum atomic E-state index is 1.20. The van der Waals surface area contributed by atoms with Crippen LogP contribution >= 0.6 is 0 Å². The van der Waals surface area contributed by atoms with Crippen molar-refractivity contribution in [2.45, 2.75) is 0 Å². The Morgan fingerprint density at radius 1 is 0.161 bits per heavy atom. The van der Waals surface area contributed by atoms with E-state index in [2.05, 4.69) is 231 Å². The lowest BCUT2D eigenvalue weighted by Gasteiger charge is -2.18. The average Bonchev–Trinajstić information content (AvgIpc) is 3.35. The van der Waals surface area contributed by atoms with Crippen LogP contribution in [0, 0.1) is 0 Å². The zero-order chi connectivity index (χ0) is 40.7. The van der Waals surface area contributed by atoms with E-state index in [4.69, 9.17) is 0 Å². The minimum Gasteiger partial charge on any atom is -0.0622 e. The Labute approximate surface area is 360 Å². The third kappa shape index (κ3) is 5.40. The second-order valence-corrected chi connectivity index (χ2v) is 16.8. The van der Waals surface area contributed by atoms with Gasteiger partial charge in [0, 0.05) is 0 Å². The molecule has 0 bridgehead atoms. The van der Waals surface area contributed by atoms with Gasteiger partial charge in [-0.15, -0.1) is 0 Å². The van der Waals surface area contributed by atoms with Crippen molar-refractivity contribution >= 4 is 64.6 Å². The van der Waals surface area contributed by atoms with Gasteiger partial charge in [0.15, 0.2) is 0 Å². The van der Waals surface area contributed by atoms with Crippen molar-refractivity contribution in [1.82, 2.24) is 0 Å². The molecule has 0 radical (unpaired) electrons. The van der Waals surface area contributed by atoms with Crippen LogP contribution in [0.15, 0.2) is 231 Å². The van der Waals surface area contributed by atoms with Crippen LogP contribution in [-0.4, -0.2) is 0 Å². The smallest absolute Gasteiger partial charge is 0.00206 e. The molecule has 0 atom stereocenters. The zero-order valence-corrected chi connectivity index (χ0v) is 33.9. The van der Waals surface area contributed by atoms with E-state index in [1.54, 1.807) is 0 Å². The van der Waals surface area contributed by atoms with E-state index in [0.717, 1.165) is 0 Å². The van der Waals surface area contributed by atoms with E-state index < -0.39 is 0 Å². The van der Waals surface area contributed by atoms with E-state index in [1.807, 2.05) is 0 Å². The predicted octanol–water partition coefficient (Wildman–Crippen LogP) is 17.5. The summed E-state index contributed by atoms with van der Waals surface area (Å²) >= 11 is 0. The maximum Gasteiger partial charge on any atom is -0.00206 e. The Balaban J connectivity index is 0.924. The summed E-state index contributed by atoms with van der Waals surface area (Å²) < 4.78 is 0. The maximum atomic E-state index is 2.40. The molecule has 0 nitrogen and oxygen atoms in total. The molecule has 0 unspecified atom stereocenters. The molecule has 13 rings (SSSR count). The lowest BCUT2D eigenvalue weighted by Crippen LogP contribution is -1.91. The Hall–Kier alpha value is -8.06. The highest BCUT2D eigenvalue weighted by Crippen LogP contribution is 2.45. The van der Waals surface area contributed by atoms with Crippen molar-refractivity contribution in [3.63, 3.8) is 0 Å². The van der Waals surface area contributed by atoms with Gasteiger partial charge in [0.2, 0.25) is 0 Å². The van der Waals surface area contributed by atoms with Crippen molar-refractivity contribution in [1.29, 1.82) is 0 Å². The van der Waals surface area contributed by atoms with Gasteiger partial charge in [0.25, 0.3) is 0 Å². The van der Waals surface area contributed by atoms with Crippen LogP contribution < -0.4 is 0 Å². The summed E-state index contributed by atoms with van der Waals surface area (Å²) in [5.41, 5.74) is 14.7. The Morgan fingerprint density at radius 3 is 0.871 bits per heavy atom. The SMILES string of the molecule is c1ccc(-c2cc(-c3ccc4ccc5cccc6ccc3c4c56)ccc2-c2ccc(-c3ccc(-c4ccc5ccc6cccc7ccc4c5c67)cc3-c3ccccc3)cc2)cc1. The fraction of sp³-hybridized carbons (Fsp3) is 0. The first kappa shape index (κ1) is 34.8. The third-order valence-corrected chi connectivity index (χ3v) is 13.4. The van der Waals surface area contributed by atoms with Gasteiger partial charge in [-0.2, -0.15) is 0 Å². The number of hydrogen-bond donors (Lipinski definition) is 0. The zero-order valence-electron chi connectivity index (χ0n) is 33.9. The van der Waals surface area contributed by atoms with Crippen molar-refractivity contribution < 1.29 is 0 Å². The molecule has 13 aromatic carbocycles. The first-order chi connectivity index (χ1) is 30.7. The average molecular weight is 783 g/mol. The van der Waals surface area contributed by atoms with Crippen molar-refractivity contribution in [3.05, 3.63) is 231 Å². The van der Waals surface area contributed by atoms with Crippen LogP contribution in [0.3, 0.4) is 0 Å². The van der Waals surface area contributed by atoms with Gasteiger partial charge < -0.3 is 0 Å². The van der Waals surface area contributed by atoms with Gasteiger partial charge in [-0.1, -0.05) is 218 Å². The van der Waals surface area contributed by atoms with Gasteiger partial charge in [0.1, 0.15) is 0 Å². The molecule has 0 saturated heterocycles. The summed E-state index contributed by atoms with van der Waals surface area (Å²) in [5, 5.41) is 15.7. The summed E-state index contributed by atoms with van der Waals surface area (Å²) in [4.78, 5) is 0. The highest BCUT2D eigenvalue weighted by Gasteiger charge is 2.18. The molecular weight excluding hydrogens is 745 g/mol. The standard InChI is InChI=1S/C62H38/c1-3-9-39(10-4-1)57-37-49(53-31-25-47-23-21-43-13-7-15-45-27-35-55(53)61(47)59(43)45)29-33-51(57)41-17-19-42(20-18-41)52-34-30-50(38-58(52)40-11-5-2-6-12-40)54-32-26-48-24-22-44-14-8-16-46-28-36-56(54)62(48)60(44)46/h1-38H. The van der Waals surface area contributed by atoms with E-state index in [0.29, 0.717) is 0 Å². The minimum absolute atomic E-state index is 1.20. The van der Waals surface area contributed by atoms with Crippen LogP contribution in [0.2, 0.25) is 0 Å². The first-order valence-corrected chi connectivity index (χ1v) is 21.6. The number of benzene rings is 13. The monoisotopic (exact) mass is 782 g/mol. The van der Waals surface area contributed by atoms with Crippen molar-refractivity contribution in [3.8, 4) is 66.8 Å². The summed E-state index contributed by atoms with van der Waals surface area (Å²) in [6, 6.07) is 85.6. The van der Waals surface area contributed by atoms with Crippen molar-refractivity contribution in [2.24, 2.45) is 0 Å². The van der Waals surface area contributed by atoms with Gasteiger partial charge in [-0.05, 0) is 144 Å². The van der Waals surface area contributed by atoms with Crippen molar-refractivity contribution in [2.75, 3.05) is 0 Å². The summed E-state index contributed by atoms with van der Waals surface area (Å²) in [6.07, 6.45) is 0. The lowest BCUT2D eigenvalue weighted by molar-refractivity contribution is 1.55. The fourth-order valence-corrected chi connectivity index (χ4v) is 10.4. The van der Waals surface area contributed by atoms with Gasteiger partial charge in [-0.3, -0.25) is 0 Å². The fourth-order valence-electron chi connectivity index (χ4n) is 10.4. The predicted molar refractivity (Wildman–Crippen MR) is 266 cm³/mol. The topological polar surface area (TPSA) is 0 Å². The van der Waals surface area contributed by atoms with Crippen LogP contribution in [-0.2, 0) is 0 Å². The van der Waals surface area contributed by atoms with Gasteiger partial charge in [0.05, 0.1) is 0 Å². The Morgan fingerprint density at radius 2 is 0.468 bits per heavy atom. The van der Waals surface area contributed by atoms with E-state index in [-0.39, 0.29) is 0 Å². The highest BCUT2D eigenvalue weighted by atomic mass is 14.2. The molecule has 0 fully saturated rings. The van der Waals surface area contributed by atoms with E-state index in [9.17, 15) is 0 Å². The molecule has 0 aliphatic carbocycles. The second kappa shape index (κ2) is 13.7. The van der Waals surface area contributed by atoms with Crippen LogP contribution in [0.25, 0.3) is 131 Å². The Kier molecular flexibility index (Phi) is 7.71. The molecule has 0 heterocycles. The summed E-state index contributed by atoms with van der Waals surface area (Å²) in [6.45, 7) is 0. The third-order valence-electron chi connectivity index (χ3n) is 13.4. The van der Waals surface area contributed by atoms with Gasteiger partial charge in [-0.25, -0.2) is 0 Å². The van der Waals surface area contributed by atoms with E-state index in [1.165, 1.54) is 131 Å². The lowest BCUT2D eigenvalue weighted by atomic mass is 9.86. The molecular formula is C62H38. The van der Waals surface area contributed by atoms with Crippen LogP contribution in [0.4, 0.5) is 0 Å². The number of rotatable bonds is 6. The first-order valence-electron chi connectivity index (χ1n) is 21.6. The molecule has 0 amide bonds. The molecule has 0 saturated carbocycles. The van der Waals surface area contributed by atoms with Crippen LogP contribution in [0.5, 0.6) is 0 Å². The molecule has 0 aliphatic rings. The Bertz CT molecular complexity index is 3530. The molecule has 0 heteroatoms. The molecule has 0 aliphatic heterocycles. The van der Waals surface area contributed by atoms with Crippen LogP contribution in [0.1, 0.15) is 0 Å². The molecule has 62 heavy (non-hydrogen) atoms. The normalized spacial score (nSPS) is 11.9. The molecule has 0 N–H and O–H groups in total. The summed E-state index contributed by atoms with van der Waals surface area (Å²) in [7, 11) is 0.